The Morgan fingerprint density at radius 2 is 1.71 bits per heavy atom. The second-order valence-corrected chi connectivity index (χ2v) is 6.41. The van der Waals surface area contributed by atoms with E-state index < -0.39 is 0 Å². The van der Waals surface area contributed by atoms with Gasteiger partial charge in [-0.1, -0.05) is 36.4 Å². The van der Waals surface area contributed by atoms with Gasteiger partial charge in [0, 0.05) is 29.9 Å². The van der Waals surface area contributed by atoms with Gasteiger partial charge in [0.05, 0.1) is 16.8 Å². The molecule has 2 heterocycles. The van der Waals surface area contributed by atoms with Gasteiger partial charge in [0.15, 0.2) is 0 Å². The third-order valence-electron chi connectivity index (χ3n) is 4.57. The molecule has 0 fully saturated rings. The average molecular weight is 371 g/mol. The summed E-state index contributed by atoms with van der Waals surface area (Å²) in [5.74, 6) is -0.462. The van der Waals surface area contributed by atoms with Crippen molar-refractivity contribution in [3.63, 3.8) is 0 Å². The lowest BCUT2D eigenvalue weighted by atomic mass is 10.0. The highest BCUT2D eigenvalue weighted by atomic mass is 19.1. The normalized spacial score (nSPS) is 10.8. The molecule has 5 heteroatoms. The highest BCUT2D eigenvalue weighted by Crippen LogP contribution is 2.24. The van der Waals surface area contributed by atoms with Crippen LogP contribution < -0.4 is 5.32 Å². The summed E-state index contributed by atoms with van der Waals surface area (Å²) in [5, 5.41) is 3.68. The summed E-state index contributed by atoms with van der Waals surface area (Å²) in [6, 6.07) is 19.6. The number of para-hydroxylation sites is 1. The highest BCUT2D eigenvalue weighted by Gasteiger charge is 2.14. The Kier molecular flexibility index (Phi) is 5.06. The lowest BCUT2D eigenvalue weighted by Crippen LogP contribution is -2.26. The van der Waals surface area contributed by atoms with Crippen LogP contribution >= 0.6 is 0 Å². The van der Waals surface area contributed by atoms with Gasteiger partial charge in [0.2, 0.25) is 0 Å². The number of halogens is 1. The maximum atomic E-state index is 13.8. The third-order valence-corrected chi connectivity index (χ3v) is 4.57. The first-order valence-corrected chi connectivity index (χ1v) is 9.04. The molecule has 138 valence electrons. The summed E-state index contributed by atoms with van der Waals surface area (Å²) < 4.78 is 13.8. The Morgan fingerprint density at radius 3 is 2.54 bits per heavy atom. The van der Waals surface area contributed by atoms with Crippen molar-refractivity contribution >= 4 is 16.8 Å². The van der Waals surface area contributed by atoms with Crippen LogP contribution in [0.15, 0.2) is 79.1 Å². The van der Waals surface area contributed by atoms with E-state index in [1.807, 2.05) is 36.4 Å². The second kappa shape index (κ2) is 7.96. The monoisotopic (exact) mass is 371 g/mol. The number of amides is 1. The molecular formula is C23H18FN3O. The molecule has 0 aliphatic carbocycles. The SMILES string of the molecule is O=C(NCCc1ccccc1F)c1cc(-c2ccncc2)nc2ccccc12. The van der Waals surface area contributed by atoms with E-state index in [-0.39, 0.29) is 11.7 Å². The minimum Gasteiger partial charge on any atom is -0.352 e. The van der Waals surface area contributed by atoms with Gasteiger partial charge >= 0.3 is 0 Å². The lowest BCUT2D eigenvalue weighted by Gasteiger charge is -2.11. The predicted molar refractivity (Wildman–Crippen MR) is 107 cm³/mol. The molecule has 0 radical (unpaired) electrons. The minimum absolute atomic E-state index is 0.203. The Balaban J connectivity index is 1.61. The molecule has 0 unspecified atom stereocenters. The molecule has 1 N–H and O–H groups in total. The molecule has 0 aliphatic rings. The number of rotatable bonds is 5. The summed E-state index contributed by atoms with van der Waals surface area (Å²) in [7, 11) is 0. The van der Waals surface area contributed by atoms with Crippen molar-refractivity contribution in [2.75, 3.05) is 6.54 Å². The topological polar surface area (TPSA) is 54.9 Å². The van der Waals surface area contributed by atoms with E-state index in [2.05, 4.69) is 15.3 Å². The van der Waals surface area contributed by atoms with Crippen molar-refractivity contribution < 1.29 is 9.18 Å². The van der Waals surface area contributed by atoms with Crippen LogP contribution in [-0.4, -0.2) is 22.4 Å². The minimum atomic E-state index is -0.258. The van der Waals surface area contributed by atoms with Crippen LogP contribution in [0.2, 0.25) is 0 Å². The van der Waals surface area contributed by atoms with Crippen molar-refractivity contribution in [3.8, 4) is 11.3 Å². The van der Waals surface area contributed by atoms with Crippen LogP contribution in [0.1, 0.15) is 15.9 Å². The van der Waals surface area contributed by atoms with E-state index in [1.165, 1.54) is 6.07 Å². The molecule has 28 heavy (non-hydrogen) atoms. The summed E-state index contributed by atoms with van der Waals surface area (Å²) in [4.78, 5) is 21.6. The largest absolute Gasteiger partial charge is 0.352 e. The van der Waals surface area contributed by atoms with Gasteiger partial charge in [-0.25, -0.2) is 9.37 Å². The maximum absolute atomic E-state index is 13.8. The third kappa shape index (κ3) is 3.74. The zero-order chi connectivity index (χ0) is 19.3. The molecule has 4 aromatic rings. The van der Waals surface area contributed by atoms with E-state index in [1.54, 1.807) is 36.7 Å². The molecule has 4 rings (SSSR count). The number of pyridine rings is 2. The first-order chi connectivity index (χ1) is 13.7. The maximum Gasteiger partial charge on any atom is 0.252 e. The number of hydrogen-bond donors (Lipinski definition) is 1. The van der Waals surface area contributed by atoms with Crippen molar-refractivity contribution in [1.29, 1.82) is 0 Å². The van der Waals surface area contributed by atoms with Crippen molar-refractivity contribution in [1.82, 2.24) is 15.3 Å². The van der Waals surface area contributed by atoms with Crippen molar-refractivity contribution in [3.05, 3.63) is 96.1 Å². The zero-order valence-electron chi connectivity index (χ0n) is 15.1. The molecule has 1 amide bonds. The van der Waals surface area contributed by atoms with Gasteiger partial charge in [-0.05, 0) is 42.3 Å². The van der Waals surface area contributed by atoms with Crippen LogP contribution in [-0.2, 0) is 6.42 Å². The van der Waals surface area contributed by atoms with E-state index in [9.17, 15) is 9.18 Å². The number of carbonyl (C=O) groups excluding carboxylic acids is 1. The van der Waals surface area contributed by atoms with Crippen LogP contribution in [0, 0.1) is 5.82 Å². The average Bonchev–Trinajstić information content (AvgIpc) is 2.75. The summed E-state index contributed by atoms with van der Waals surface area (Å²) in [5.41, 5.74) is 3.48. The first-order valence-electron chi connectivity index (χ1n) is 9.04. The van der Waals surface area contributed by atoms with Gasteiger partial charge in [0.1, 0.15) is 5.82 Å². The molecule has 0 atom stereocenters. The van der Waals surface area contributed by atoms with Gasteiger partial charge in [0.25, 0.3) is 5.91 Å². The fourth-order valence-electron chi connectivity index (χ4n) is 3.14. The number of nitrogens with zero attached hydrogens (tertiary/aromatic N) is 2. The van der Waals surface area contributed by atoms with E-state index in [0.29, 0.717) is 29.8 Å². The van der Waals surface area contributed by atoms with Crippen molar-refractivity contribution in [2.45, 2.75) is 6.42 Å². The molecule has 2 aromatic heterocycles. The summed E-state index contributed by atoms with van der Waals surface area (Å²) in [6.45, 7) is 0.348. The number of fused-ring (bicyclic) bond motifs is 1. The Hall–Kier alpha value is -3.60. The number of hydrogen-bond acceptors (Lipinski definition) is 3. The van der Waals surface area contributed by atoms with E-state index >= 15 is 0 Å². The molecule has 0 spiro atoms. The molecule has 0 saturated heterocycles. The zero-order valence-corrected chi connectivity index (χ0v) is 15.1. The van der Waals surface area contributed by atoms with Gasteiger partial charge in [-0.15, -0.1) is 0 Å². The van der Waals surface area contributed by atoms with Gasteiger partial charge < -0.3 is 5.32 Å². The van der Waals surface area contributed by atoms with Crippen LogP contribution in [0.4, 0.5) is 4.39 Å². The smallest absolute Gasteiger partial charge is 0.252 e. The van der Waals surface area contributed by atoms with E-state index in [0.717, 1.165) is 16.5 Å². The number of aromatic nitrogens is 2. The fraction of sp³-hybridized carbons (Fsp3) is 0.0870. The van der Waals surface area contributed by atoms with Gasteiger partial charge in [-0.2, -0.15) is 0 Å². The van der Waals surface area contributed by atoms with Crippen LogP contribution in [0.25, 0.3) is 22.2 Å². The number of nitrogens with one attached hydrogen (secondary N) is 1. The summed E-state index contributed by atoms with van der Waals surface area (Å²) in [6.07, 6.45) is 3.82. The second-order valence-electron chi connectivity index (χ2n) is 6.41. The van der Waals surface area contributed by atoms with Crippen molar-refractivity contribution in [2.24, 2.45) is 0 Å². The predicted octanol–water partition coefficient (Wildman–Crippen LogP) is 4.41. The quantitative estimate of drug-likeness (QED) is 0.565. The van der Waals surface area contributed by atoms with E-state index in [4.69, 9.17) is 0 Å². The van der Waals surface area contributed by atoms with Crippen LogP contribution in [0.5, 0.6) is 0 Å². The Bertz CT molecular complexity index is 1130. The standard InChI is InChI=1S/C23H18FN3O/c24-20-7-3-1-5-16(20)11-14-26-23(28)19-15-22(17-9-12-25-13-10-17)27-21-8-4-2-6-18(19)21/h1-10,12-13,15H,11,14H2,(H,26,28). The van der Waals surface area contributed by atoms with Gasteiger partial charge in [-0.3, -0.25) is 9.78 Å². The summed E-state index contributed by atoms with van der Waals surface area (Å²) >= 11 is 0. The molecule has 4 nitrogen and oxygen atoms in total. The number of benzene rings is 2. The number of carbonyl (C=O) groups is 1. The van der Waals surface area contributed by atoms with Crippen LogP contribution in [0.3, 0.4) is 0 Å². The molecule has 2 aromatic carbocycles. The first kappa shape index (κ1) is 17.8. The molecule has 0 bridgehead atoms. The molecule has 0 aliphatic heterocycles. The Labute approximate surface area is 162 Å². The molecule has 0 saturated carbocycles. The molecular weight excluding hydrogens is 353 g/mol. The fourth-order valence-corrected chi connectivity index (χ4v) is 3.14. The lowest BCUT2D eigenvalue weighted by molar-refractivity contribution is 0.0955. The Morgan fingerprint density at radius 1 is 0.964 bits per heavy atom. The highest BCUT2D eigenvalue weighted by molar-refractivity contribution is 6.07.